The summed E-state index contributed by atoms with van der Waals surface area (Å²) in [5, 5.41) is 5.94. The van der Waals surface area contributed by atoms with E-state index in [4.69, 9.17) is 11.6 Å². The summed E-state index contributed by atoms with van der Waals surface area (Å²) in [6.07, 6.45) is 1.88. The van der Waals surface area contributed by atoms with Gasteiger partial charge in [-0.1, -0.05) is 11.6 Å². The van der Waals surface area contributed by atoms with Crippen molar-refractivity contribution in [3.8, 4) is 0 Å². The van der Waals surface area contributed by atoms with Crippen molar-refractivity contribution in [1.29, 1.82) is 0 Å². The molecule has 0 spiro atoms. The lowest BCUT2D eigenvalue weighted by atomic mass is 9.99. The largest absolute Gasteiger partial charge is 0.326 e. The molecule has 3 nitrogen and oxygen atoms in total. The van der Waals surface area contributed by atoms with Gasteiger partial charge < -0.3 is 10.6 Å². The monoisotopic (exact) mass is 256 g/mol. The third-order valence-corrected chi connectivity index (χ3v) is 3.14. The average molecular weight is 257 g/mol. The molecule has 2 N–H and O–H groups in total. The second-order valence-electron chi connectivity index (χ2n) is 4.16. The lowest BCUT2D eigenvalue weighted by Crippen LogP contribution is -2.37. The zero-order valence-electron chi connectivity index (χ0n) is 9.30. The van der Waals surface area contributed by atoms with Crippen LogP contribution in [0.3, 0.4) is 0 Å². The molecule has 2 rings (SSSR count). The summed E-state index contributed by atoms with van der Waals surface area (Å²) < 4.78 is 12.9. The Morgan fingerprint density at radius 3 is 3.00 bits per heavy atom. The fraction of sp³-hybridized carbons (Fsp3) is 0.417. The van der Waals surface area contributed by atoms with Gasteiger partial charge in [-0.3, -0.25) is 4.79 Å². The van der Waals surface area contributed by atoms with Gasteiger partial charge in [0, 0.05) is 12.2 Å². The van der Waals surface area contributed by atoms with Gasteiger partial charge in [0.2, 0.25) is 5.91 Å². The first-order valence-corrected chi connectivity index (χ1v) is 6.01. The first-order valence-electron chi connectivity index (χ1n) is 5.63. The summed E-state index contributed by atoms with van der Waals surface area (Å²) in [5.74, 6) is -0.545. The molecule has 0 radical (unpaired) electrons. The van der Waals surface area contributed by atoms with Crippen LogP contribution >= 0.6 is 11.6 Å². The van der Waals surface area contributed by atoms with Crippen LogP contribution in [0, 0.1) is 11.7 Å². The Kier molecular flexibility index (Phi) is 3.97. The van der Waals surface area contributed by atoms with Gasteiger partial charge in [0.15, 0.2) is 0 Å². The summed E-state index contributed by atoms with van der Waals surface area (Å²) in [6.45, 7) is 1.66. The minimum absolute atomic E-state index is 0.0181. The summed E-state index contributed by atoms with van der Waals surface area (Å²) in [4.78, 5) is 11.9. The lowest BCUT2D eigenvalue weighted by Gasteiger charge is -2.21. The van der Waals surface area contributed by atoms with Crippen LogP contribution < -0.4 is 10.6 Å². The van der Waals surface area contributed by atoms with Crippen LogP contribution in [0.1, 0.15) is 12.8 Å². The summed E-state index contributed by atoms with van der Waals surface area (Å²) in [5.41, 5.74) is 0.534. The number of rotatable bonds is 2. The predicted molar refractivity (Wildman–Crippen MR) is 65.6 cm³/mol. The average Bonchev–Trinajstić information content (AvgIpc) is 2.35. The van der Waals surface area contributed by atoms with E-state index in [9.17, 15) is 9.18 Å². The number of nitrogens with one attached hydrogen (secondary N) is 2. The number of amides is 1. The van der Waals surface area contributed by atoms with Gasteiger partial charge >= 0.3 is 0 Å². The number of carbonyl (C=O) groups is 1. The van der Waals surface area contributed by atoms with E-state index in [2.05, 4.69) is 10.6 Å². The molecular formula is C12H14ClFN2O. The molecule has 1 heterocycles. The molecule has 1 saturated heterocycles. The van der Waals surface area contributed by atoms with Crippen LogP contribution in [0.25, 0.3) is 0 Å². The molecule has 1 amide bonds. The highest BCUT2D eigenvalue weighted by Gasteiger charge is 2.20. The standard InChI is InChI=1S/C12H14ClFN2O/c13-10-6-9(3-4-11(10)14)16-12(17)8-2-1-5-15-7-8/h3-4,6,8,15H,1-2,5,7H2,(H,16,17)/t8-/m1/s1. The van der Waals surface area contributed by atoms with E-state index in [0.29, 0.717) is 12.2 Å². The van der Waals surface area contributed by atoms with Gasteiger partial charge in [-0.15, -0.1) is 0 Å². The van der Waals surface area contributed by atoms with Crippen LogP contribution in [-0.2, 0) is 4.79 Å². The van der Waals surface area contributed by atoms with Gasteiger partial charge in [-0.2, -0.15) is 0 Å². The van der Waals surface area contributed by atoms with Gasteiger partial charge in [0.25, 0.3) is 0 Å². The van der Waals surface area contributed by atoms with Gasteiger partial charge in [0.1, 0.15) is 5.82 Å². The zero-order valence-corrected chi connectivity index (χ0v) is 10.1. The molecule has 1 fully saturated rings. The molecule has 5 heteroatoms. The topological polar surface area (TPSA) is 41.1 Å². The third kappa shape index (κ3) is 3.17. The van der Waals surface area contributed by atoms with E-state index in [1.807, 2.05) is 0 Å². The maximum atomic E-state index is 12.9. The minimum atomic E-state index is -0.482. The van der Waals surface area contributed by atoms with Crippen molar-refractivity contribution in [1.82, 2.24) is 5.32 Å². The van der Waals surface area contributed by atoms with Crippen molar-refractivity contribution in [3.63, 3.8) is 0 Å². The van der Waals surface area contributed by atoms with E-state index in [1.165, 1.54) is 18.2 Å². The summed E-state index contributed by atoms with van der Waals surface area (Å²) in [6, 6.07) is 4.18. The van der Waals surface area contributed by atoms with Crippen molar-refractivity contribution in [2.75, 3.05) is 18.4 Å². The van der Waals surface area contributed by atoms with Crippen LogP contribution in [0.5, 0.6) is 0 Å². The Balaban J connectivity index is 1.99. The Bertz CT molecular complexity index is 419. The quantitative estimate of drug-likeness (QED) is 0.853. The molecule has 1 atom stereocenters. The minimum Gasteiger partial charge on any atom is -0.326 e. The molecule has 0 bridgehead atoms. The van der Waals surface area contributed by atoms with Gasteiger partial charge in [-0.05, 0) is 37.6 Å². The van der Waals surface area contributed by atoms with Crippen molar-refractivity contribution < 1.29 is 9.18 Å². The number of carbonyl (C=O) groups excluding carboxylic acids is 1. The van der Waals surface area contributed by atoms with Crippen molar-refractivity contribution in [3.05, 3.63) is 29.0 Å². The molecule has 92 valence electrons. The number of benzene rings is 1. The molecule has 1 aliphatic rings. The van der Waals surface area contributed by atoms with Crippen molar-refractivity contribution in [2.45, 2.75) is 12.8 Å². The maximum Gasteiger partial charge on any atom is 0.228 e. The second kappa shape index (κ2) is 5.47. The van der Waals surface area contributed by atoms with E-state index in [1.54, 1.807) is 0 Å². The molecule has 17 heavy (non-hydrogen) atoms. The fourth-order valence-electron chi connectivity index (χ4n) is 1.89. The molecular weight excluding hydrogens is 243 g/mol. The number of halogens is 2. The Morgan fingerprint density at radius 1 is 1.53 bits per heavy atom. The SMILES string of the molecule is O=C(Nc1ccc(F)c(Cl)c1)[C@@H]1CCCNC1. The van der Waals surface area contributed by atoms with E-state index in [0.717, 1.165) is 19.4 Å². The Labute approximate surface area is 104 Å². The Hall–Kier alpha value is -1.13. The van der Waals surface area contributed by atoms with E-state index in [-0.39, 0.29) is 16.8 Å². The highest BCUT2D eigenvalue weighted by molar-refractivity contribution is 6.31. The lowest BCUT2D eigenvalue weighted by molar-refractivity contribution is -0.120. The first kappa shape index (κ1) is 12.3. The number of anilines is 1. The number of hydrogen-bond acceptors (Lipinski definition) is 2. The highest BCUT2D eigenvalue weighted by atomic mass is 35.5. The molecule has 1 aromatic rings. The van der Waals surface area contributed by atoms with Crippen LogP contribution in [0.2, 0.25) is 5.02 Å². The molecule has 0 unspecified atom stereocenters. The first-order chi connectivity index (χ1) is 8.16. The van der Waals surface area contributed by atoms with Crippen LogP contribution in [-0.4, -0.2) is 19.0 Å². The maximum absolute atomic E-state index is 12.9. The van der Waals surface area contributed by atoms with Gasteiger partial charge in [-0.25, -0.2) is 4.39 Å². The fourth-order valence-corrected chi connectivity index (χ4v) is 2.07. The normalized spacial score (nSPS) is 20.0. The van der Waals surface area contributed by atoms with Crippen LogP contribution in [0.4, 0.5) is 10.1 Å². The molecule has 1 aliphatic heterocycles. The number of piperidine rings is 1. The van der Waals surface area contributed by atoms with E-state index >= 15 is 0 Å². The molecule has 0 aliphatic carbocycles. The number of hydrogen-bond donors (Lipinski definition) is 2. The third-order valence-electron chi connectivity index (χ3n) is 2.85. The highest BCUT2D eigenvalue weighted by Crippen LogP contribution is 2.20. The molecule has 0 aromatic heterocycles. The van der Waals surface area contributed by atoms with E-state index < -0.39 is 5.82 Å². The molecule has 0 saturated carbocycles. The smallest absolute Gasteiger partial charge is 0.228 e. The second-order valence-corrected chi connectivity index (χ2v) is 4.57. The molecule has 1 aromatic carbocycles. The summed E-state index contributed by atoms with van der Waals surface area (Å²) >= 11 is 5.64. The zero-order chi connectivity index (χ0) is 12.3. The van der Waals surface area contributed by atoms with Crippen LogP contribution in [0.15, 0.2) is 18.2 Å². The van der Waals surface area contributed by atoms with Crippen molar-refractivity contribution >= 4 is 23.2 Å². The predicted octanol–water partition coefficient (Wildman–Crippen LogP) is 2.42. The van der Waals surface area contributed by atoms with Crippen molar-refractivity contribution in [2.24, 2.45) is 5.92 Å². The Morgan fingerprint density at radius 2 is 2.35 bits per heavy atom. The summed E-state index contributed by atoms with van der Waals surface area (Å²) in [7, 11) is 0. The van der Waals surface area contributed by atoms with Gasteiger partial charge in [0.05, 0.1) is 10.9 Å².